The van der Waals surface area contributed by atoms with E-state index in [1.165, 1.54) is 5.39 Å². The van der Waals surface area contributed by atoms with Gasteiger partial charge in [-0.25, -0.2) is 0 Å². The van der Waals surface area contributed by atoms with Crippen molar-refractivity contribution in [1.29, 1.82) is 0 Å². The third-order valence-electron chi connectivity index (χ3n) is 4.39. The van der Waals surface area contributed by atoms with Crippen molar-refractivity contribution >= 4 is 16.7 Å². The predicted molar refractivity (Wildman–Crippen MR) is 106 cm³/mol. The van der Waals surface area contributed by atoms with Crippen LogP contribution in [0.1, 0.15) is 11.1 Å². The van der Waals surface area contributed by atoms with Gasteiger partial charge in [0.2, 0.25) is 11.7 Å². The fourth-order valence-electron chi connectivity index (χ4n) is 3.03. The van der Waals surface area contributed by atoms with E-state index in [0.29, 0.717) is 30.2 Å². The summed E-state index contributed by atoms with van der Waals surface area (Å²) in [6, 6.07) is 17.8. The molecular formula is C22H23NO4. The zero-order valence-corrected chi connectivity index (χ0v) is 15.7. The Kier molecular flexibility index (Phi) is 5.81. The molecule has 3 aromatic rings. The summed E-state index contributed by atoms with van der Waals surface area (Å²) in [6.45, 7) is 0.378. The molecule has 0 saturated heterocycles. The number of fused-ring (bicyclic) bond motifs is 1. The van der Waals surface area contributed by atoms with Gasteiger partial charge in [0.15, 0.2) is 11.5 Å². The molecule has 0 radical (unpaired) electrons. The number of carbonyl (C=O) groups excluding carboxylic acids is 1. The second kappa shape index (κ2) is 8.45. The summed E-state index contributed by atoms with van der Waals surface area (Å²) in [5.74, 6) is 1.62. The minimum atomic E-state index is -0.0426. The lowest BCUT2D eigenvalue weighted by Crippen LogP contribution is -2.24. The second-order valence-corrected chi connectivity index (χ2v) is 6.17. The van der Waals surface area contributed by atoms with Crippen molar-refractivity contribution in [3.63, 3.8) is 0 Å². The number of hydrogen-bond acceptors (Lipinski definition) is 4. The Hall–Kier alpha value is -3.21. The number of benzene rings is 3. The van der Waals surface area contributed by atoms with Crippen molar-refractivity contribution in [2.24, 2.45) is 0 Å². The Morgan fingerprint density at radius 3 is 2.11 bits per heavy atom. The largest absolute Gasteiger partial charge is 0.493 e. The van der Waals surface area contributed by atoms with Crippen LogP contribution in [0.4, 0.5) is 0 Å². The summed E-state index contributed by atoms with van der Waals surface area (Å²) in [5, 5.41) is 5.24. The lowest BCUT2D eigenvalue weighted by molar-refractivity contribution is -0.120. The first-order valence-electron chi connectivity index (χ1n) is 8.68. The van der Waals surface area contributed by atoms with Crippen LogP contribution in [0.3, 0.4) is 0 Å². The average Bonchev–Trinajstić information content (AvgIpc) is 2.71. The van der Waals surface area contributed by atoms with Crippen LogP contribution < -0.4 is 19.5 Å². The highest BCUT2D eigenvalue weighted by molar-refractivity contribution is 5.85. The molecule has 0 unspecified atom stereocenters. The van der Waals surface area contributed by atoms with E-state index in [1.807, 2.05) is 48.5 Å². The molecule has 0 aliphatic rings. The molecule has 0 saturated carbocycles. The Morgan fingerprint density at radius 2 is 1.48 bits per heavy atom. The van der Waals surface area contributed by atoms with Crippen molar-refractivity contribution in [1.82, 2.24) is 5.32 Å². The quantitative estimate of drug-likeness (QED) is 0.693. The first-order valence-corrected chi connectivity index (χ1v) is 8.68. The van der Waals surface area contributed by atoms with E-state index in [2.05, 4.69) is 11.4 Å². The summed E-state index contributed by atoms with van der Waals surface area (Å²) in [5.41, 5.74) is 1.85. The van der Waals surface area contributed by atoms with Gasteiger partial charge in [-0.3, -0.25) is 4.79 Å². The maximum atomic E-state index is 12.4. The van der Waals surface area contributed by atoms with Gasteiger partial charge in [-0.1, -0.05) is 42.5 Å². The molecule has 140 valence electrons. The molecule has 1 N–H and O–H groups in total. The van der Waals surface area contributed by atoms with E-state index in [9.17, 15) is 4.79 Å². The third kappa shape index (κ3) is 4.31. The average molecular weight is 365 g/mol. The van der Waals surface area contributed by atoms with Gasteiger partial charge in [0.05, 0.1) is 27.8 Å². The highest BCUT2D eigenvalue weighted by Crippen LogP contribution is 2.38. The highest BCUT2D eigenvalue weighted by Gasteiger charge is 2.13. The zero-order valence-electron chi connectivity index (χ0n) is 15.7. The van der Waals surface area contributed by atoms with Crippen LogP contribution in [-0.2, 0) is 17.8 Å². The maximum Gasteiger partial charge on any atom is 0.224 e. The standard InChI is InChI=1S/C22H23NO4/c1-25-19-11-16(12-20(26-2)22(19)27-3)14-23-21(24)13-15-8-9-17-6-4-5-7-18(17)10-15/h4-12H,13-14H2,1-3H3,(H,23,24). The predicted octanol–water partition coefficient (Wildman–Crippen LogP) is 3.72. The van der Waals surface area contributed by atoms with Gasteiger partial charge in [0, 0.05) is 6.54 Å². The maximum absolute atomic E-state index is 12.4. The number of rotatable bonds is 7. The first-order chi connectivity index (χ1) is 13.1. The van der Waals surface area contributed by atoms with E-state index in [4.69, 9.17) is 14.2 Å². The number of carbonyl (C=O) groups is 1. The van der Waals surface area contributed by atoms with Gasteiger partial charge in [0.25, 0.3) is 0 Å². The van der Waals surface area contributed by atoms with Crippen LogP contribution in [0.5, 0.6) is 17.2 Å². The number of amides is 1. The normalized spacial score (nSPS) is 10.5. The lowest BCUT2D eigenvalue weighted by Gasteiger charge is -2.14. The molecule has 0 heterocycles. The topological polar surface area (TPSA) is 56.8 Å². The van der Waals surface area contributed by atoms with Gasteiger partial charge >= 0.3 is 0 Å². The van der Waals surface area contributed by atoms with Gasteiger partial charge in [-0.15, -0.1) is 0 Å². The summed E-state index contributed by atoms with van der Waals surface area (Å²) in [6.07, 6.45) is 0.329. The molecule has 0 aliphatic heterocycles. The Bertz CT molecular complexity index is 927. The first kappa shape index (κ1) is 18.6. The van der Waals surface area contributed by atoms with Crippen LogP contribution in [0.2, 0.25) is 0 Å². The molecule has 0 fully saturated rings. The van der Waals surface area contributed by atoms with Crippen LogP contribution in [0.25, 0.3) is 10.8 Å². The van der Waals surface area contributed by atoms with E-state index < -0.39 is 0 Å². The Balaban J connectivity index is 1.67. The SMILES string of the molecule is COc1cc(CNC(=O)Cc2ccc3ccccc3c2)cc(OC)c1OC. The van der Waals surface area contributed by atoms with Crippen molar-refractivity contribution in [3.05, 3.63) is 65.7 Å². The molecule has 3 aromatic carbocycles. The van der Waals surface area contributed by atoms with Crippen LogP contribution in [0.15, 0.2) is 54.6 Å². The Morgan fingerprint density at radius 1 is 0.815 bits per heavy atom. The van der Waals surface area contributed by atoms with Crippen LogP contribution in [-0.4, -0.2) is 27.2 Å². The van der Waals surface area contributed by atoms with Crippen LogP contribution >= 0.6 is 0 Å². The molecule has 1 amide bonds. The van der Waals surface area contributed by atoms with Gasteiger partial charge in [0.1, 0.15) is 0 Å². The Labute approximate surface area is 158 Å². The molecule has 27 heavy (non-hydrogen) atoms. The van der Waals surface area contributed by atoms with Gasteiger partial charge < -0.3 is 19.5 Å². The number of hydrogen-bond donors (Lipinski definition) is 1. The minimum absolute atomic E-state index is 0.0426. The minimum Gasteiger partial charge on any atom is -0.493 e. The molecule has 0 spiro atoms. The molecule has 5 nitrogen and oxygen atoms in total. The van der Waals surface area contributed by atoms with E-state index in [0.717, 1.165) is 16.5 Å². The molecule has 5 heteroatoms. The fourth-order valence-corrected chi connectivity index (χ4v) is 3.03. The third-order valence-corrected chi connectivity index (χ3v) is 4.39. The van der Waals surface area contributed by atoms with Gasteiger partial charge in [-0.2, -0.15) is 0 Å². The smallest absolute Gasteiger partial charge is 0.224 e. The molecule has 0 aliphatic carbocycles. The van der Waals surface area contributed by atoms with E-state index >= 15 is 0 Å². The summed E-state index contributed by atoms with van der Waals surface area (Å²) in [4.78, 5) is 12.4. The fraction of sp³-hybridized carbons (Fsp3) is 0.227. The lowest BCUT2D eigenvalue weighted by atomic mass is 10.0. The summed E-state index contributed by atoms with van der Waals surface area (Å²) < 4.78 is 16.0. The summed E-state index contributed by atoms with van der Waals surface area (Å²) >= 11 is 0. The van der Waals surface area contributed by atoms with Crippen molar-refractivity contribution in [3.8, 4) is 17.2 Å². The van der Waals surface area contributed by atoms with E-state index in [-0.39, 0.29) is 5.91 Å². The van der Waals surface area contributed by atoms with Crippen molar-refractivity contribution in [2.45, 2.75) is 13.0 Å². The molecule has 0 bridgehead atoms. The van der Waals surface area contributed by atoms with Crippen molar-refractivity contribution < 1.29 is 19.0 Å². The zero-order chi connectivity index (χ0) is 19.2. The molecule has 3 rings (SSSR count). The number of ether oxygens (including phenoxy) is 3. The summed E-state index contributed by atoms with van der Waals surface area (Å²) in [7, 11) is 4.70. The second-order valence-electron chi connectivity index (χ2n) is 6.17. The van der Waals surface area contributed by atoms with Crippen LogP contribution in [0, 0.1) is 0 Å². The number of methoxy groups -OCH3 is 3. The molecule has 0 atom stereocenters. The number of nitrogens with one attached hydrogen (secondary N) is 1. The van der Waals surface area contributed by atoms with Crippen molar-refractivity contribution in [2.75, 3.05) is 21.3 Å². The van der Waals surface area contributed by atoms with E-state index in [1.54, 1.807) is 21.3 Å². The monoisotopic (exact) mass is 365 g/mol. The highest BCUT2D eigenvalue weighted by atomic mass is 16.5. The van der Waals surface area contributed by atoms with Gasteiger partial charge in [-0.05, 0) is 34.0 Å². The molecule has 0 aromatic heterocycles. The molecular weight excluding hydrogens is 342 g/mol.